The lowest BCUT2D eigenvalue weighted by Gasteiger charge is -2.28. The number of morpholine rings is 2. The zero-order valence-electron chi connectivity index (χ0n) is 37.4. The van der Waals surface area contributed by atoms with E-state index in [-0.39, 0.29) is 65.3 Å². The summed E-state index contributed by atoms with van der Waals surface area (Å²) in [5.74, 6) is 0.770. The Kier molecular flexibility index (Phi) is 15.3. The third-order valence-corrected chi connectivity index (χ3v) is 12.3. The number of benzene rings is 4. The Balaban J connectivity index is 1.01. The SMILES string of the molecule is [C-]#[N+]c1cncc(COc2cc(OCc3cccc(-c4cccc(COc5cc(OCc6cncc(C#N)c6)c(C(=O)N6CCOCC6)cc5Cl)c4C)c3C)c(Cl)cc2C(=O)N2CCOCC2)c1. The van der Waals surface area contributed by atoms with Crippen molar-refractivity contribution >= 4 is 40.7 Å². The van der Waals surface area contributed by atoms with E-state index in [9.17, 15) is 14.9 Å². The van der Waals surface area contributed by atoms with Crippen LogP contribution in [0.5, 0.6) is 23.0 Å². The summed E-state index contributed by atoms with van der Waals surface area (Å²) in [5, 5.41) is 9.88. The molecule has 0 aliphatic carbocycles. The molecule has 2 amide bonds. The summed E-state index contributed by atoms with van der Waals surface area (Å²) in [4.78, 5) is 42.6. The molecular weight excluding hydrogens is 908 g/mol. The number of halogens is 2. The third kappa shape index (κ3) is 11.1. The maximum absolute atomic E-state index is 13.8. The standard InChI is InChI=1S/C52H46Cl2N6O8/c1-33-38(31-67-49-22-47(65-29-36-18-35(24-55)25-57-26-36)43(20-45(49)53)51(61)59-10-14-63-15-11-59)6-4-8-41(33)42-9-5-7-39(34(42)2)32-68-50-23-48(66-30-37-19-40(56-3)28-58-27-37)44(21-46(50)54)52(62)60-12-16-64-17-13-60/h4-9,18-23,25-28H,10-17,29-32H2,1-2H3. The molecule has 8 rings (SSSR count). The van der Waals surface area contributed by atoms with Crippen LogP contribution in [0.1, 0.15) is 59.7 Å². The van der Waals surface area contributed by atoms with Crippen molar-refractivity contribution in [1.82, 2.24) is 19.8 Å². The van der Waals surface area contributed by atoms with Gasteiger partial charge in [0.05, 0.1) is 59.7 Å². The molecule has 4 heterocycles. The van der Waals surface area contributed by atoms with Crippen LogP contribution in [-0.2, 0) is 35.9 Å². The van der Waals surface area contributed by atoms with Crippen LogP contribution in [0.4, 0.5) is 5.69 Å². The van der Waals surface area contributed by atoms with Crippen LogP contribution in [0.15, 0.2) is 97.6 Å². The lowest BCUT2D eigenvalue weighted by Crippen LogP contribution is -2.40. The van der Waals surface area contributed by atoms with Crippen LogP contribution in [0.2, 0.25) is 10.0 Å². The normalized spacial score (nSPS) is 13.6. The molecule has 0 N–H and O–H groups in total. The second-order valence-electron chi connectivity index (χ2n) is 16.1. The topological polar surface area (TPSA) is 150 Å². The molecule has 4 aromatic carbocycles. The number of carbonyl (C=O) groups is 2. The maximum atomic E-state index is 13.8. The molecule has 2 saturated heterocycles. The highest BCUT2D eigenvalue weighted by molar-refractivity contribution is 6.33. The van der Waals surface area contributed by atoms with Gasteiger partial charge in [0.15, 0.2) is 0 Å². The molecule has 2 aromatic heterocycles. The number of hydrogen-bond acceptors (Lipinski definition) is 11. The summed E-state index contributed by atoms with van der Waals surface area (Å²) in [6.07, 6.45) is 6.17. The monoisotopic (exact) mass is 952 g/mol. The summed E-state index contributed by atoms with van der Waals surface area (Å²) in [6, 6.07) is 23.9. The molecule has 68 heavy (non-hydrogen) atoms. The van der Waals surface area contributed by atoms with E-state index < -0.39 is 0 Å². The molecule has 6 aromatic rings. The Bertz CT molecular complexity index is 2730. The highest BCUT2D eigenvalue weighted by atomic mass is 35.5. The first-order chi connectivity index (χ1) is 33.1. The first-order valence-corrected chi connectivity index (χ1v) is 22.6. The van der Waals surface area contributed by atoms with E-state index in [0.717, 1.165) is 33.4 Å². The number of carbonyl (C=O) groups excluding carboxylic acids is 2. The molecule has 2 fully saturated rings. The minimum absolute atomic E-state index is 0.0575. The fraction of sp³-hybridized carbons (Fsp3) is 0.269. The lowest BCUT2D eigenvalue weighted by molar-refractivity contribution is 0.0298. The van der Waals surface area contributed by atoms with Gasteiger partial charge < -0.3 is 38.2 Å². The van der Waals surface area contributed by atoms with E-state index in [1.54, 1.807) is 58.6 Å². The maximum Gasteiger partial charge on any atom is 0.257 e. The van der Waals surface area contributed by atoms with Crippen molar-refractivity contribution in [3.05, 3.63) is 169 Å². The van der Waals surface area contributed by atoms with Gasteiger partial charge in [-0.05, 0) is 77.1 Å². The Labute approximate surface area is 404 Å². The zero-order valence-corrected chi connectivity index (χ0v) is 38.9. The average molecular weight is 954 g/mol. The van der Waals surface area contributed by atoms with Crippen molar-refractivity contribution < 1.29 is 38.0 Å². The van der Waals surface area contributed by atoms with Crippen LogP contribution in [0.25, 0.3) is 16.0 Å². The summed E-state index contributed by atoms with van der Waals surface area (Å²) in [5.41, 5.74) is 8.50. The molecule has 0 unspecified atom stereocenters. The number of hydrogen-bond donors (Lipinski definition) is 0. The van der Waals surface area contributed by atoms with E-state index >= 15 is 0 Å². The molecule has 0 radical (unpaired) electrons. The van der Waals surface area contributed by atoms with Crippen LogP contribution >= 0.6 is 23.2 Å². The van der Waals surface area contributed by atoms with E-state index in [4.69, 9.17) is 58.2 Å². The Morgan fingerprint density at radius 3 is 1.57 bits per heavy atom. The van der Waals surface area contributed by atoms with E-state index in [0.29, 0.717) is 92.0 Å². The first-order valence-electron chi connectivity index (χ1n) is 21.8. The van der Waals surface area contributed by atoms with E-state index in [1.807, 2.05) is 38.1 Å². The van der Waals surface area contributed by atoms with Gasteiger partial charge in [0.25, 0.3) is 11.8 Å². The van der Waals surface area contributed by atoms with Gasteiger partial charge in [-0.3, -0.25) is 19.6 Å². The number of aromatic nitrogens is 2. The van der Waals surface area contributed by atoms with Gasteiger partial charge in [-0.1, -0.05) is 59.6 Å². The molecule has 346 valence electrons. The number of pyridine rings is 2. The predicted molar refractivity (Wildman–Crippen MR) is 254 cm³/mol. The number of ether oxygens (including phenoxy) is 6. The molecule has 0 bridgehead atoms. The van der Waals surface area contributed by atoms with Gasteiger partial charge in [0.1, 0.15) is 55.5 Å². The highest BCUT2D eigenvalue weighted by Gasteiger charge is 2.26. The van der Waals surface area contributed by atoms with Crippen molar-refractivity contribution in [2.75, 3.05) is 52.6 Å². The summed E-state index contributed by atoms with van der Waals surface area (Å²) in [7, 11) is 0. The fourth-order valence-electron chi connectivity index (χ4n) is 7.88. The number of nitrogens with zero attached hydrogens (tertiary/aromatic N) is 6. The molecular formula is C52H46Cl2N6O8. The Hall–Kier alpha value is -7.20. The molecule has 0 spiro atoms. The zero-order chi connectivity index (χ0) is 47.6. The van der Waals surface area contributed by atoms with Gasteiger partial charge >= 0.3 is 0 Å². The molecule has 14 nitrogen and oxygen atoms in total. The molecule has 16 heteroatoms. The largest absolute Gasteiger partial charge is 0.488 e. The van der Waals surface area contributed by atoms with Crippen LogP contribution in [0, 0.1) is 31.8 Å². The minimum atomic E-state index is -0.239. The number of amides is 2. The predicted octanol–water partition coefficient (Wildman–Crippen LogP) is 9.75. The second kappa shape index (κ2) is 22.1. The van der Waals surface area contributed by atoms with Crippen molar-refractivity contribution in [2.45, 2.75) is 40.3 Å². The van der Waals surface area contributed by atoms with E-state index in [2.05, 4.69) is 33.0 Å². The van der Waals surface area contributed by atoms with Gasteiger partial charge in [-0.25, -0.2) is 4.85 Å². The smallest absolute Gasteiger partial charge is 0.257 e. The summed E-state index contributed by atoms with van der Waals surface area (Å²) in [6.45, 7) is 15.4. The molecule has 2 aliphatic heterocycles. The first kappa shape index (κ1) is 47.3. The van der Waals surface area contributed by atoms with Crippen molar-refractivity contribution in [3.63, 3.8) is 0 Å². The Morgan fingerprint density at radius 2 is 1.10 bits per heavy atom. The fourth-order valence-corrected chi connectivity index (χ4v) is 8.31. The van der Waals surface area contributed by atoms with Crippen molar-refractivity contribution in [3.8, 4) is 40.2 Å². The van der Waals surface area contributed by atoms with Gasteiger partial charge in [0, 0.05) is 68.7 Å². The highest BCUT2D eigenvalue weighted by Crippen LogP contribution is 2.38. The van der Waals surface area contributed by atoms with Crippen LogP contribution in [-0.4, -0.2) is 84.2 Å². The molecule has 0 saturated carbocycles. The van der Waals surface area contributed by atoms with Crippen LogP contribution in [0.3, 0.4) is 0 Å². The minimum Gasteiger partial charge on any atom is -0.488 e. The molecule has 0 atom stereocenters. The van der Waals surface area contributed by atoms with Crippen LogP contribution < -0.4 is 18.9 Å². The third-order valence-electron chi connectivity index (χ3n) is 11.7. The lowest BCUT2D eigenvalue weighted by atomic mass is 9.92. The number of nitriles is 1. The van der Waals surface area contributed by atoms with E-state index in [1.165, 1.54) is 12.4 Å². The second-order valence-corrected chi connectivity index (χ2v) is 16.9. The van der Waals surface area contributed by atoms with Gasteiger partial charge in [-0.2, -0.15) is 5.26 Å². The summed E-state index contributed by atoms with van der Waals surface area (Å²) >= 11 is 13.7. The van der Waals surface area contributed by atoms with Gasteiger partial charge in [0.2, 0.25) is 5.69 Å². The average Bonchev–Trinajstić information content (AvgIpc) is 3.38. The quantitative estimate of drug-likeness (QED) is 0.0906. The van der Waals surface area contributed by atoms with Crippen molar-refractivity contribution in [2.24, 2.45) is 0 Å². The summed E-state index contributed by atoms with van der Waals surface area (Å²) < 4.78 is 36.1. The molecule has 2 aliphatic rings. The van der Waals surface area contributed by atoms with Gasteiger partial charge in [-0.15, -0.1) is 0 Å². The van der Waals surface area contributed by atoms with Crippen molar-refractivity contribution in [1.29, 1.82) is 5.26 Å². The number of rotatable bonds is 15. The Morgan fingerprint density at radius 1 is 0.647 bits per heavy atom.